The zero-order valence-electron chi connectivity index (χ0n) is 12.1. The third-order valence-electron chi connectivity index (χ3n) is 3.25. The average molecular weight is 369 g/mol. The molecule has 0 aromatic carbocycles. The lowest BCUT2D eigenvalue weighted by Gasteiger charge is -2.10. The van der Waals surface area contributed by atoms with E-state index < -0.39 is 0 Å². The highest BCUT2D eigenvalue weighted by Gasteiger charge is 2.10. The van der Waals surface area contributed by atoms with Crippen molar-refractivity contribution in [3.63, 3.8) is 0 Å². The summed E-state index contributed by atoms with van der Waals surface area (Å²) in [5, 5.41) is 2.90. The van der Waals surface area contributed by atoms with Gasteiger partial charge < -0.3 is 5.32 Å². The number of pyridine rings is 3. The lowest BCUT2D eigenvalue weighted by atomic mass is 10.1. The van der Waals surface area contributed by atoms with Crippen molar-refractivity contribution < 1.29 is 4.79 Å². The van der Waals surface area contributed by atoms with Gasteiger partial charge in [0, 0.05) is 47.6 Å². The molecule has 0 bridgehead atoms. The van der Waals surface area contributed by atoms with E-state index >= 15 is 0 Å². The predicted molar refractivity (Wildman–Crippen MR) is 90.6 cm³/mol. The largest absolute Gasteiger partial charge is 0.348 e. The van der Waals surface area contributed by atoms with Crippen molar-refractivity contribution in [3.8, 4) is 11.3 Å². The lowest BCUT2D eigenvalue weighted by molar-refractivity contribution is 0.0950. The molecule has 0 aliphatic rings. The van der Waals surface area contributed by atoms with Gasteiger partial charge in [-0.3, -0.25) is 19.7 Å². The first-order chi connectivity index (χ1) is 11.2. The molecule has 0 saturated carbocycles. The number of hydrogen-bond donors (Lipinski definition) is 1. The summed E-state index contributed by atoms with van der Waals surface area (Å²) in [5.74, 6) is -0.177. The second-order valence-corrected chi connectivity index (χ2v) is 5.74. The van der Waals surface area contributed by atoms with Gasteiger partial charge in [0.05, 0.1) is 11.3 Å². The van der Waals surface area contributed by atoms with E-state index in [1.165, 1.54) is 6.20 Å². The number of aromatic nitrogens is 3. The first-order valence-corrected chi connectivity index (χ1v) is 7.76. The van der Waals surface area contributed by atoms with Crippen LogP contribution in [-0.4, -0.2) is 20.9 Å². The van der Waals surface area contributed by atoms with E-state index in [0.29, 0.717) is 12.1 Å². The summed E-state index contributed by atoms with van der Waals surface area (Å²) < 4.78 is 0.768. The second-order valence-electron chi connectivity index (χ2n) is 4.82. The van der Waals surface area contributed by atoms with Crippen molar-refractivity contribution >= 4 is 21.8 Å². The van der Waals surface area contributed by atoms with Crippen molar-refractivity contribution in [2.24, 2.45) is 0 Å². The Morgan fingerprint density at radius 1 is 1.09 bits per heavy atom. The number of nitrogens with zero attached hydrogens (tertiary/aromatic N) is 3. The van der Waals surface area contributed by atoms with E-state index in [1.807, 2.05) is 24.3 Å². The highest BCUT2D eigenvalue weighted by atomic mass is 79.9. The summed E-state index contributed by atoms with van der Waals surface area (Å²) in [6, 6.07) is 9.32. The zero-order chi connectivity index (χ0) is 16.1. The molecule has 23 heavy (non-hydrogen) atoms. The number of rotatable bonds is 4. The van der Waals surface area contributed by atoms with Crippen LogP contribution >= 0.6 is 15.9 Å². The van der Waals surface area contributed by atoms with Crippen LogP contribution in [-0.2, 0) is 6.54 Å². The van der Waals surface area contributed by atoms with Crippen LogP contribution in [0.3, 0.4) is 0 Å². The maximum Gasteiger partial charge on any atom is 0.253 e. The number of carbonyl (C=O) groups is 1. The Morgan fingerprint density at radius 3 is 2.70 bits per heavy atom. The van der Waals surface area contributed by atoms with Gasteiger partial charge in [-0.15, -0.1) is 0 Å². The minimum atomic E-state index is -0.177. The maximum absolute atomic E-state index is 12.2. The highest BCUT2D eigenvalue weighted by molar-refractivity contribution is 9.10. The first kappa shape index (κ1) is 15.3. The molecule has 0 aliphatic heterocycles. The molecule has 0 unspecified atom stereocenters. The van der Waals surface area contributed by atoms with Gasteiger partial charge in [-0.1, -0.05) is 6.07 Å². The third kappa shape index (κ3) is 3.78. The maximum atomic E-state index is 12.2. The van der Waals surface area contributed by atoms with Crippen LogP contribution < -0.4 is 5.32 Å². The standard InChI is InChI=1S/C17H13BrN4O/c18-15-8-14(9-20-11-15)17(23)22-10-13-2-1-5-21-16(13)12-3-6-19-7-4-12/h1-9,11H,10H2,(H,22,23). The van der Waals surface area contributed by atoms with Crippen molar-refractivity contribution in [2.45, 2.75) is 6.54 Å². The molecule has 1 N–H and O–H groups in total. The van der Waals surface area contributed by atoms with Gasteiger partial charge in [-0.25, -0.2) is 0 Å². The van der Waals surface area contributed by atoms with Crippen molar-refractivity contribution in [3.05, 3.63) is 76.9 Å². The molecule has 3 rings (SSSR count). The minimum Gasteiger partial charge on any atom is -0.348 e. The smallest absolute Gasteiger partial charge is 0.253 e. The molecule has 3 aromatic heterocycles. The summed E-state index contributed by atoms with van der Waals surface area (Å²) in [6.45, 7) is 0.386. The quantitative estimate of drug-likeness (QED) is 0.767. The molecule has 0 radical (unpaired) electrons. The molecule has 3 heterocycles. The fourth-order valence-corrected chi connectivity index (χ4v) is 2.53. The summed E-state index contributed by atoms with van der Waals surface area (Å²) in [7, 11) is 0. The van der Waals surface area contributed by atoms with E-state index in [0.717, 1.165) is 21.3 Å². The van der Waals surface area contributed by atoms with Crippen LogP contribution in [0.1, 0.15) is 15.9 Å². The lowest BCUT2D eigenvalue weighted by Crippen LogP contribution is -2.23. The second kappa shape index (κ2) is 7.11. The first-order valence-electron chi connectivity index (χ1n) is 6.97. The number of carbonyl (C=O) groups excluding carboxylic acids is 1. The number of halogens is 1. The summed E-state index contributed by atoms with van der Waals surface area (Å²) >= 11 is 3.31. The molecular weight excluding hydrogens is 356 g/mol. The Bertz CT molecular complexity index is 824. The number of nitrogens with one attached hydrogen (secondary N) is 1. The van der Waals surface area contributed by atoms with Gasteiger partial charge in [0.1, 0.15) is 0 Å². The topological polar surface area (TPSA) is 67.8 Å². The van der Waals surface area contributed by atoms with E-state index in [2.05, 4.69) is 36.2 Å². The summed E-state index contributed by atoms with van der Waals surface area (Å²) in [4.78, 5) is 24.6. The highest BCUT2D eigenvalue weighted by Crippen LogP contribution is 2.20. The monoisotopic (exact) mass is 368 g/mol. The van der Waals surface area contributed by atoms with Gasteiger partial charge in [-0.05, 0) is 45.8 Å². The Morgan fingerprint density at radius 2 is 1.91 bits per heavy atom. The molecule has 0 atom stereocenters. The molecule has 0 aliphatic carbocycles. The molecule has 6 heteroatoms. The Hall–Kier alpha value is -2.60. The molecule has 114 valence electrons. The number of amides is 1. The summed E-state index contributed by atoms with van der Waals surface area (Å²) in [5.41, 5.74) is 3.25. The van der Waals surface area contributed by atoms with Crippen LogP contribution in [0.2, 0.25) is 0 Å². The minimum absolute atomic E-state index is 0.177. The summed E-state index contributed by atoms with van der Waals surface area (Å²) in [6.07, 6.45) is 8.35. The molecule has 0 fully saturated rings. The fourth-order valence-electron chi connectivity index (χ4n) is 2.16. The average Bonchev–Trinajstić information content (AvgIpc) is 2.60. The van der Waals surface area contributed by atoms with Gasteiger partial charge in [0.15, 0.2) is 0 Å². The molecular formula is C17H13BrN4O. The molecule has 0 spiro atoms. The Kier molecular flexibility index (Phi) is 4.73. The predicted octanol–water partition coefficient (Wildman–Crippen LogP) is 3.23. The SMILES string of the molecule is O=C(NCc1cccnc1-c1ccncc1)c1cncc(Br)c1. The normalized spacial score (nSPS) is 10.3. The van der Waals surface area contributed by atoms with Gasteiger partial charge in [0.2, 0.25) is 0 Å². The Labute approximate surface area is 142 Å². The van der Waals surface area contributed by atoms with Gasteiger partial charge >= 0.3 is 0 Å². The molecule has 5 nitrogen and oxygen atoms in total. The van der Waals surface area contributed by atoms with Crippen LogP contribution in [0.5, 0.6) is 0 Å². The van der Waals surface area contributed by atoms with E-state index in [9.17, 15) is 4.79 Å². The van der Waals surface area contributed by atoms with Crippen molar-refractivity contribution in [1.29, 1.82) is 0 Å². The van der Waals surface area contributed by atoms with Crippen LogP contribution in [0.4, 0.5) is 0 Å². The molecule has 3 aromatic rings. The number of hydrogen-bond acceptors (Lipinski definition) is 4. The fraction of sp³-hybridized carbons (Fsp3) is 0.0588. The van der Waals surface area contributed by atoms with E-state index in [-0.39, 0.29) is 5.91 Å². The molecule has 1 amide bonds. The van der Waals surface area contributed by atoms with Crippen LogP contribution in [0, 0.1) is 0 Å². The van der Waals surface area contributed by atoms with Crippen LogP contribution in [0.25, 0.3) is 11.3 Å². The van der Waals surface area contributed by atoms with Crippen LogP contribution in [0.15, 0.2) is 65.8 Å². The Balaban J connectivity index is 1.78. The zero-order valence-corrected chi connectivity index (χ0v) is 13.7. The van der Waals surface area contributed by atoms with E-state index in [1.54, 1.807) is 30.9 Å². The van der Waals surface area contributed by atoms with Gasteiger partial charge in [0.25, 0.3) is 5.91 Å². The van der Waals surface area contributed by atoms with Crippen molar-refractivity contribution in [2.75, 3.05) is 0 Å². The molecule has 0 saturated heterocycles. The van der Waals surface area contributed by atoms with E-state index in [4.69, 9.17) is 0 Å². The third-order valence-corrected chi connectivity index (χ3v) is 3.69. The van der Waals surface area contributed by atoms with Gasteiger partial charge in [-0.2, -0.15) is 0 Å². The van der Waals surface area contributed by atoms with Crippen molar-refractivity contribution in [1.82, 2.24) is 20.3 Å².